The van der Waals surface area contributed by atoms with Crippen LogP contribution >= 0.6 is 0 Å². The fraction of sp³-hybridized carbons (Fsp3) is 0.600. The van der Waals surface area contributed by atoms with E-state index in [1.54, 1.807) is 7.05 Å². The van der Waals surface area contributed by atoms with Crippen molar-refractivity contribution >= 4 is 12.3 Å². The minimum atomic E-state index is -0.366. The molecule has 6 nitrogen and oxygen atoms in total. The van der Waals surface area contributed by atoms with Crippen LogP contribution in [0.1, 0.15) is 0 Å². The fourth-order valence-corrected chi connectivity index (χ4v) is 1.39. The predicted molar refractivity (Wildman–Crippen MR) is 62.3 cm³/mol. The molecule has 2 amide bonds. The molecule has 92 valence electrons. The maximum Gasteiger partial charge on any atom is 0.279 e. The normalized spacial score (nSPS) is 9.12. The summed E-state index contributed by atoms with van der Waals surface area (Å²) in [5.74, 6) is 0.344. The highest BCUT2D eigenvalue weighted by molar-refractivity contribution is 5.98. The number of nitrogens with one attached hydrogen (secondary N) is 1. The van der Waals surface area contributed by atoms with Gasteiger partial charge in [-0.2, -0.15) is 0 Å². The predicted octanol–water partition coefficient (Wildman–Crippen LogP) is -0.887. The van der Waals surface area contributed by atoms with Crippen LogP contribution < -0.4 is 5.32 Å². The van der Waals surface area contributed by atoms with Gasteiger partial charge in [0, 0.05) is 42.3 Å². The zero-order valence-corrected chi connectivity index (χ0v) is 10.7. The van der Waals surface area contributed by atoms with E-state index in [0.29, 0.717) is 17.9 Å². The third-order valence-electron chi connectivity index (χ3n) is 2.01. The number of amides is 2. The average molecular weight is 228 g/mol. The average Bonchev–Trinajstić information content (AvgIpc) is 2.22. The van der Waals surface area contributed by atoms with E-state index in [9.17, 15) is 9.59 Å². The van der Waals surface area contributed by atoms with Crippen LogP contribution in [0.4, 0.5) is 0 Å². The highest BCUT2D eigenvalue weighted by Crippen LogP contribution is 2.09. The van der Waals surface area contributed by atoms with Crippen molar-refractivity contribution in [1.82, 2.24) is 20.0 Å². The molecule has 0 aromatic rings. The van der Waals surface area contributed by atoms with Gasteiger partial charge in [0.2, 0.25) is 6.41 Å². The van der Waals surface area contributed by atoms with E-state index in [0.717, 1.165) is 4.90 Å². The van der Waals surface area contributed by atoms with Gasteiger partial charge in [-0.25, -0.2) is 0 Å². The summed E-state index contributed by atoms with van der Waals surface area (Å²) < 4.78 is 0. The molecule has 0 saturated heterocycles. The summed E-state index contributed by atoms with van der Waals surface area (Å²) in [6, 6.07) is 0. The SMILES string of the molecule is CNC(C(=O)N(C)C=O)=C(N(C)C)N(C)C. The van der Waals surface area contributed by atoms with Crippen molar-refractivity contribution < 1.29 is 9.59 Å². The number of carbonyl (C=O) groups is 2. The van der Waals surface area contributed by atoms with Gasteiger partial charge in [0.05, 0.1) is 0 Å². The third-order valence-corrected chi connectivity index (χ3v) is 2.01. The van der Waals surface area contributed by atoms with E-state index in [2.05, 4.69) is 5.32 Å². The van der Waals surface area contributed by atoms with Gasteiger partial charge in [-0.1, -0.05) is 0 Å². The highest BCUT2D eigenvalue weighted by Gasteiger charge is 2.20. The number of carbonyl (C=O) groups excluding carboxylic acids is 2. The second-order valence-electron chi connectivity index (χ2n) is 3.76. The lowest BCUT2D eigenvalue weighted by Gasteiger charge is -2.28. The quantitative estimate of drug-likeness (QED) is 0.489. The summed E-state index contributed by atoms with van der Waals surface area (Å²) in [5.41, 5.74) is 0.379. The van der Waals surface area contributed by atoms with Crippen molar-refractivity contribution in [1.29, 1.82) is 0 Å². The van der Waals surface area contributed by atoms with Crippen molar-refractivity contribution in [3.05, 3.63) is 11.5 Å². The molecule has 0 spiro atoms. The summed E-state index contributed by atoms with van der Waals surface area (Å²) in [7, 11) is 10.4. The summed E-state index contributed by atoms with van der Waals surface area (Å²) in [5, 5.41) is 2.83. The Labute approximate surface area is 96.5 Å². The molecule has 16 heavy (non-hydrogen) atoms. The lowest BCUT2D eigenvalue weighted by atomic mass is 10.3. The van der Waals surface area contributed by atoms with Crippen LogP contribution in [0, 0.1) is 0 Å². The fourth-order valence-electron chi connectivity index (χ4n) is 1.39. The Kier molecular flexibility index (Phi) is 5.35. The van der Waals surface area contributed by atoms with Crippen molar-refractivity contribution in [2.45, 2.75) is 0 Å². The first-order valence-electron chi connectivity index (χ1n) is 4.85. The Hall–Kier alpha value is -1.72. The molecule has 0 heterocycles. The van der Waals surface area contributed by atoms with E-state index in [1.807, 2.05) is 38.0 Å². The first-order valence-corrected chi connectivity index (χ1v) is 4.85. The van der Waals surface area contributed by atoms with Gasteiger partial charge in [-0.05, 0) is 0 Å². The standard InChI is InChI=1S/C10H20N4O2/c1-11-8(10(16)14(6)7-15)9(12(2)3)13(4)5/h7,11H,1-6H3. The molecule has 0 unspecified atom stereocenters. The van der Waals surface area contributed by atoms with Gasteiger partial charge in [-0.15, -0.1) is 0 Å². The molecule has 0 aromatic heterocycles. The van der Waals surface area contributed by atoms with Crippen LogP contribution in [0.5, 0.6) is 0 Å². The molecule has 0 aliphatic carbocycles. The summed E-state index contributed by atoms with van der Waals surface area (Å²) in [4.78, 5) is 27.0. The molecular weight excluding hydrogens is 208 g/mol. The largest absolute Gasteiger partial charge is 0.381 e. The van der Waals surface area contributed by atoms with Gasteiger partial charge in [0.25, 0.3) is 5.91 Å². The molecule has 0 fully saturated rings. The van der Waals surface area contributed by atoms with E-state index in [-0.39, 0.29) is 5.91 Å². The molecule has 0 rings (SSSR count). The molecule has 0 radical (unpaired) electrons. The lowest BCUT2D eigenvalue weighted by Crippen LogP contribution is -2.38. The Morgan fingerprint density at radius 2 is 1.50 bits per heavy atom. The third kappa shape index (κ3) is 3.15. The zero-order valence-electron chi connectivity index (χ0n) is 10.7. The summed E-state index contributed by atoms with van der Waals surface area (Å²) >= 11 is 0. The van der Waals surface area contributed by atoms with Crippen LogP contribution in [0.15, 0.2) is 11.5 Å². The first-order chi connectivity index (χ1) is 7.36. The maximum absolute atomic E-state index is 11.9. The first kappa shape index (κ1) is 14.3. The van der Waals surface area contributed by atoms with Crippen molar-refractivity contribution in [3.63, 3.8) is 0 Å². The number of nitrogens with zero attached hydrogens (tertiary/aromatic N) is 3. The molecule has 0 aliphatic rings. The molecular formula is C10H20N4O2. The van der Waals surface area contributed by atoms with E-state index in [4.69, 9.17) is 0 Å². The summed E-state index contributed by atoms with van der Waals surface area (Å²) in [6.45, 7) is 0. The van der Waals surface area contributed by atoms with Crippen molar-refractivity contribution in [2.24, 2.45) is 0 Å². The topological polar surface area (TPSA) is 55.9 Å². The molecule has 0 saturated carbocycles. The van der Waals surface area contributed by atoms with Crippen LogP contribution in [0.25, 0.3) is 0 Å². The number of hydrogen-bond donors (Lipinski definition) is 1. The monoisotopic (exact) mass is 228 g/mol. The number of imide groups is 1. The Bertz CT molecular complexity index is 287. The van der Waals surface area contributed by atoms with E-state index >= 15 is 0 Å². The van der Waals surface area contributed by atoms with Gasteiger partial charge >= 0.3 is 0 Å². The van der Waals surface area contributed by atoms with Crippen LogP contribution in [-0.4, -0.2) is 69.3 Å². The molecule has 0 atom stereocenters. The molecule has 0 aromatic carbocycles. The highest BCUT2D eigenvalue weighted by atomic mass is 16.2. The van der Waals surface area contributed by atoms with Crippen molar-refractivity contribution in [3.8, 4) is 0 Å². The Morgan fingerprint density at radius 3 is 1.75 bits per heavy atom. The van der Waals surface area contributed by atoms with Crippen LogP contribution in [0.2, 0.25) is 0 Å². The minimum absolute atomic E-state index is 0.366. The maximum atomic E-state index is 11.9. The minimum Gasteiger partial charge on any atom is -0.381 e. The number of rotatable bonds is 5. The zero-order chi connectivity index (χ0) is 12.9. The van der Waals surface area contributed by atoms with Crippen LogP contribution in [0.3, 0.4) is 0 Å². The van der Waals surface area contributed by atoms with Gasteiger partial charge in [0.1, 0.15) is 11.5 Å². The van der Waals surface area contributed by atoms with Gasteiger partial charge in [-0.3, -0.25) is 14.5 Å². The molecule has 0 bridgehead atoms. The van der Waals surface area contributed by atoms with E-state index in [1.165, 1.54) is 7.05 Å². The second kappa shape index (κ2) is 5.99. The Morgan fingerprint density at radius 1 is 1.06 bits per heavy atom. The summed E-state index contributed by atoms with van der Waals surface area (Å²) in [6.07, 6.45) is 0.489. The van der Waals surface area contributed by atoms with E-state index < -0.39 is 0 Å². The van der Waals surface area contributed by atoms with Gasteiger partial charge < -0.3 is 15.1 Å². The number of hydrogen-bond acceptors (Lipinski definition) is 5. The molecule has 6 heteroatoms. The van der Waals surface area contributed by atoms with Crippen LogP contribution in [-0.2, 0) is 9.59 Å². The smallest absolute Gasteiger partial charge is 0.279 e. The Balaban J connectivity index is 5.41. The number of likely N-dealkylation sites (N-methyl/N-ethyl adjacent to an activating group) is 2. The molecule has 1 N–H and O–H groups in total. The lowest BCUT2D eigenvalue weighted by molar-refractivity contribution is -0.134. The van der Waals surface area contributed by atoms with Crippen molar-refractivity contribution in [2.75, 3.05) is 42.3 Å². The molecule has 0 aliphatic heterocycles. The van der Waals surface area contributed by atoms with Gasteiger partial charge in [0.15, 0.2) is 0 Å². The second-order valence-corrected chi connectivity index (χ2v) is 3.76.